The minimum atomic E-state index is -0.185. The number of hydrogen-bond donors (Lipinski definition) is 2. The van der Waals surface area contributed by atoms with E-state index in [1.54, 1.807) is 23.3 Å². The van der Waals surface area contributed by atoms with Gasteiger partial charge in [-0.3, -0.25) is 9.48 Å². The second-order valence-corrected chi connectivity index (χ2v) is 6.23. The summed E-state index contributed by atoms with van der Waals surface area (Å²) in [4.78, 5) is 22.1. The van der Waals surface area contributed by atoms with E-state index in [-0.39, 0.29) is 11.6 Å². The Morgan fingerprint density at radius 2 is 2.24 bits per heavy atom. The topological polar surface area (TPSA) is 105 Å². The first-order valence-electron chi connectivity index (χ1n) is 8.41. The van der Waals surface area contributed by atoms with E-state index in [0.717, 1.165) is 48.6 Å². The van der Waals surface area contributed by atoms with E-state index in [1.807, 2.05) is 7.05 Å². The van der Waals surface area contributed by atoms with Crippen LogP contribution in [0.1, 0.15) is 19.3 Å². The lowest BCUT2D eigenvalue weighted by molar-refractivity contribution is 0.467. The quantitative estimate of drug-likeness (QED) is 0.727. The average molecular weight is 340 g/mol. The van der Waals surface area contributed by atoms with Gasteiger partial charge in [0.1, 0.15) is 18.0 Å². The van der Waals surface area contributed by atoms with Gasteiger partial charge in [0.15, 0.2) is 5.65 Å². The van der Waals surface area contributed by atoms with Crippen LogP contribution in [0.2, 0.25) is 0 Å². The van der Waals surface area contributed by atoms with E-state index in [1.165, 1.54) is 12.5 Å². The maximum Gasteiger partial charge on any atom is 0.264 e. The molecule has 4 heterocycles. The van der Waals surface area contributed by atoms with Crippen LogP contribution in [0.15, 0.2) is 29.5 Å². The monoisotopic (exact) mass is 340 g/mol. The number of fused-ring (bicyclic) bond motifs is 1. The summed E-state index contributed by atoms with van der Waals surface area (Å²) in [6.07, 6.45) is 6.69. The van der Waals surface area contributed by atoms with Crippen molar-refractivity contribution in [3.05, 3.63) is 35.0 Å². The molecule has 0 aromatic carbocycles. The number of aryl methyl sites for hydroxylation is 1. The zero-order valence-corrected chi connectivity index (χ0v) is 14.0. The lowest BCUT2D eigenvalue weighted by Gasteiger charge is -2.36. The molecule has 1 atom stereocenters. The zero-order valence-electron chi connectivity index (χ0n) is 14.0. The van der Waals surface area contributed by atoms with Crippen molar-refractivity contribution in [2.75, 3.05) is 23.3 Å². The molecule has 0 spiro atoms. The van der Waals surface area contributed by atoms with Gasteiger partial charge in [0.2, 0.25) is 0 Å². The molecule has 2 N–H and O–H groups in total. The molecule has 0 bridgehead atoms. The largest absolute Gasteiger partial charge is 0.367 e. The van der Waals surface area contributed by atoms with E-state index in [0.29, 0.717) is 0 Å². The second kappa shape index (κ2) is 6.50. The van der Waals surface area contributed by atoms with Crippen LogP contribution < -0.4 is 15.8 Å². The van der Waals surface area contributed by atoms with Crippen molar-refractivity contribution in [2.45, 2.75) is 25.3 Å². The van der Waals surface area contributed by atoms with Crippen molar-refractivity contribution < 1.29 is 0 Å². The molecule has 9 nitrogen and oxygen atoms in total. The number of rotatable bonds is 4. The Morgan fingerprint density at radius 1 is 1.32 bits per heavy atom. The van der Waals surface area contributed by atoms with Crippen molar-refractivity contribution in [1.29, 1.82) is 0 Å². The van der Waals surface area contributed by atoms with Crippen molar-refractivity contribution in [2.24, 2.45) is 7.05 Å². The summed E-state index contributed by atoms with van der Waals surface area (Å²) < 4.78 is 1.74. The summed E-state index contributed by atoms with van der Waals surface area (Å²) in [5.41, 5.74) is 0.621. The van der Waals surface area contributed by atoms with Crippen LogP contribution >= 0.6 is 0 Å². The van der Waals surface area contributed by atoms with Crippen LogP contribution in [0.5, 0.6) is 0 Å². The molecule has 1 fully saturated rings. The van der Waals surface area contributed by atoms with Crippen LogP contribution in [-0.4, -0.2) is 49.1 Å². The normalized spacial score (nSPS) is 17.8. The van der Waals surface area contributed by atoms with Gasteiger partial charge in [-0.1, -0.05) is 0 Å². The molecule has 1 aliphatic heterocycles. The van der Waals surface area contributed by atoms with Gasteiger partial charge < -0.3 is 10.2 Å². The predicted octanol–water partition coefficient (Wildman–Crippen LogP) is 0.918. The highest BCUT2D eigenvalue weighted by Crippen LogP contribution is 2.23. The average Bonchev–Trinajstić information content (AvgIpc) is 3.03. The third-order valence-electron chi connectivity index (χ3n) is 4.62. The minimum Gasteiger partial charge on any atom is -0.367 e. The molecule has 1 saturated heterocycles. The van der Waals surface area contributed by atoms with Gasteiger partial charge in [-0.05, 0) is 25.3 Å². The molecule has 25 heavy (non-hydrogen) atoms. The summed E-state index contributed by atoms with van der Waals surface area (Å²) in [6.45, 7) is 1.67. The fourth-order valence-electron chi connectivity index (χ4n) is 3.33. The number of aromatic nitrogens is 6. The molecule has 3 aromatic heterocycles. The van der Waals surface area contributed by atoms with Crippen LogP contribution in [-0.2, 0) is 7.05 Å². The highest BCUT2D eigenvalue weighted by atomic mass is 16.1. The Hall–Kier alpha value is -2.97. The van der Waals surface area contributed by atoms with Crippen molar-refractivity contribution in [1.82, 2.24) is 29.9 Å². The number of hydrogen-bond acceptors (Lipinski definition) is 7. The van der Waals surface area contributed by atoms with Crippen LogP contribution in [0, 0.1) is 0 Å². The van der Waals surface area contributed by atoms with E-state index in [2.05, 4.69) is 35.5 Å². The standard InChI is InChI=1S/C16H20N8O/c1-23-16-12(9-20-23)15(18-10-19-16)17-8-11-4-2-3-7-24(11)13-5-6-14(25)22-21-13/h5-6,9-11H,2-4,7-8H2,1H3,(H,22,25)(H,17,18,19). The van der Waals surface area contributed by atoms with E-state index in [9.17, 15) is 4.79 Å². The fraction of sp³-hybridized carbons (Fsp3) is 0.438. The van der Waals surface area contributed by atoms with Crippen molar-refractivity contribution in [3.63, 3.8) is 0 Å². The molecular weight excluding hydrogens is 320 g/mol. The summed E-state index contributed by atoms with van der Waals surface area (Å²) in [5, 5.41) is 15.3. The van der Waals surface area contributed by atoms with Crippen molar-refractivity contribution in [3.8, 4) is 0 Å². The lowest BCUT2D eigenvalue weighted by Crippen LogP contribution is -2.44. The highest BCUT2D eigenvalue weighted by molar-refractivity contribution is 5.85. The van der Waals surface area contributed by atoms with E-state index >= 15 is 0 Å². The number of H-pyrrole nitrogens is 1. The van der Waals surface area contributed by atoms with Gasteiger partial charge in [0, 0.05) is 32.2 Å². The highest BCUT2D eigenvalue weighted by Gasteiger charge is 2.24. The maximum absolute atomic E-state index is 11.3. The number of nitrogens with zero attached hydrogens (tertiary/aromatic N) is 6. The Labute approximate surface area is 144 Å². The first-order valence-corrected chi connectivity index (χ1v) is 8.41. The Bertz CT molecular complexity index is 913. The third kappa shape index (κ3) is 3.04. The first-order chi connectivity index (χ1) is 12.2. The lowest BCUT2D eigenvalue weighted by atomic mass is 10.0. The molecule has 9 heteroatoms. The first kappa shape index (κ1) is 15.6. The maximum atomic E-state index is 11.3. The molecule has 1 unspecified atom stereocenters. The van der Waals surface area contributed by atoms with Gasteiger partial charge in [-0.2, -0.15) is 10.2 Å². The van der Waals surface area contributed by atoms with Gasteiger partial charge >= 0.3 is 0 Å². The molecule has 4 rings (SSSR count). The molecule has 3 aromatic rings. The van der Waals surface area contributed by atoms with Gasteiger partial charge in [0.05, 0.1) is 11.6 Å². The van der Waals surface area contributed by atoms with Crippen molar-refractivity contribution >= 4 is 22.7 Å². The molecular formula is C16H20N8O. The summed E-state index contributed by atoms with van der Waals surface area (Å²) in [6, 6.07) is 3.58. The Balaban J connectivity index is 1.53. The number of anilines is 2. The smallest absolute Gasteiger partial charge is 0.264 e. The summed E-state index contributed by atoms with van der Waals surface area (Å²) in [7, 11) is 1.86. The fourth-order valence-corrected chi connectivity index (χ4v) is 3.33. The van der Waals surface area contributed by atoms with Crippen LogP contribution in [0.25, 0.3) is 11.0 Å². The minimum absolute atomic E-state index is 0.185. The third-order valence-corrected chi connectivity index (χ3v) is 4.62. The van der Waals surface area contributed by atoms with Gasteiger partial charge in [0.25, 0.3) is 5.56 Å². The molecule has 130 valence electrons. The SMILES string of the molecule is Cn1ncc2c(NCC3CCCCN3c3ccc(=O)[nH]n3)ncnc21. The zero-order chi connectivity index (χ0) is 17.2. The Kier molecular flexibility index (Phi) is 4.04. The summed E-state index contributed by atoms with van der Waals surface area (Å²) in [5.74, 6) is 1.60. The molecule has 0 saturated carbocycles. The summed E-state index contributed by atoms with van der Waals surface area (Å²) >= 11 is 0. The van der Waals surface area contributed by atoms with E-state index < -0.39 is 0 Å². The van der Waals surface area contributed by atoms with E-state index in [4.69, 9.17) is 0 Å². The number of nitrogens with one attached hydrogen (secondary N) is 2. The second-order valence-electron chi connectivity index (χ2n) is 6.23. The Morgan fingerprint density at radius 3 is 3.08 bits per heavy atom. The number of aromatic amines is 1. The van der Waals surface area contributed by atoms with Crippen LogP contribution in [0.3, 0.4) is 0 Å². The predicted molar refractivity (Wildman–Crippen MR) is 94.6 cm³/mol. The molecule has 0 aliphatic carbocycles. The van der Waals surface area contributed by atoms with Gasteiger partial charge in [-0.25, -0.2) is 15.1 Å². The van der Waals surface area contributed by atoms with Gasteiger partial charge in [-0.15, -0.1) is 0 Å². The molecule has 1 aliphatic rings. The molecule has 0 amide bonds. The number of piperidine rings is 1. The van der Waals surface area contributed by atoms with Crippen LogP contribution in [0.4, 0.5) is 11.6 Å². The molecule has 0 radical (unpaired) electrons.